The van der Waals surface area contributed by atoms with Crippen molar-refractivity contribution in [1.82, 2.24) is 25.3 Å². The van der Waals surface area contributed by atoms with Crippen LogP contribution < -0.4 is 15.5 Å². The number of hydrogen-bond donors (Lipinski definition) is 2. The first-order valence-corrected chi connectivity index (χ1v) is 10.5. The molecule has 0 aliphatic carbocycles. The highest BCUT2D eigenvalue weighted by Crippen LogP contribution is 2.23. The SMILES string of the molecule is O=C(NCCNc1ncnc2sccc12)c1nc(N2CCCCC2)ncc1Cl. The fourth-order valence-corrected chi connectivity index (χ4v) is 4.04. The molecule has 3 aromatic heterocycles. The molecule has 1 saturated heterocycles. The molecule has 2 N–H and O–H groups in total. The van der Waals surface area contributed by atoms with Crippen LogP contribution >= 0.6 is 22.9 Å². The highest BCUT2D eigenvalue weighted by molar-refractivity contribution is 7.16. The van der Waals surface area contributed by atoms with Crippen molar-refractivity contribution in [3.05, 3.63) is 34.7 Å². The van der Waals surface area contributed by atoms with Crippen molar-refractivity contribution in [2.75, 3.05) is 36.4 Å². The van der Waals surface area contributed by atoms with Crippen LogP contribution in [0.3, 0.4) is 0 Å². The Morgan fingerprint density at radius 2 is 2.04 bits per heavy atom. The lowest BCUT2D eigenvalue weighted by Crippen LogP contribution is -2.33. The van der Waals surface area contributed by atoms with Crippen LogP contribution in [0.15, 0.2) is 24.0 Å². The topological polar surface area (TPSA) is 95.9 Å². The van der Waals surface area contributed by atoms with Gasteiger partial charge in [0.15, 0.2) is 5.69 Å². The van der Waals surface area contributed by atoms with Gasteiger partial charge >= 0.3 is 0 Å². The summed E-state index contributed by atoms with van der Waals surface area (Å²) in [4.78, 5) is 32.7. The lowest BCUT2D eigenvalue weighted by atomic mass is 10.1. The van der Waals surface area contributed by atoms with Crippen molar-refractivity contribution in [1.29, 1.82) is 0 Å². The van der Waals surface area contributed by atoms with E-state index in [1.807, 2.05) is 11.4 Å². The average molecular weight is 418 g/mol. The van der Waals surface area contributed by atoms with E-state index in [9.17, 15) is 4.79 Å². The summed E-state index contributed by atoms with van der Waals surface area (Å²) in [6.07, 6.45) is 6.47. The summed E-state index contributed by atoms with van der Waals surface area (Å²) in [6.45, 7) is 2.74. The maximum atomic E-state index is 12.5. The van der Waals surface area contributed by atoms with E-state index in [-0.39, 0.29) is 16.6 Å². The van der Waals surface area contributed by atoms with Crippen LogP contribution in [0.25, 0.3) is 10.2 Å². The van der Waals surface area contributed by atoms with Crippen molar-refractivity contribution in [3.8, 4) is 0 Å². The molecule has 146 valence electrons. The Morgan fingerprint density at radius 3 is 2.89 bits per heavy atom. The van der Waals surface area contributed by atoms with E-state index in [0.717, 1.165) is 42.0 Å². The normalized spacial score (nSPS) is 14.2. The smallest absolute Gasteiger partial charge is 0.271 e. The molecule has 0 bridgehead atoms. The van der Waals surface area contributed by atoms with Gasteiger partial charge in [0.2, 0.25) is 5.95 Å². The molecule has 1 fully saturated rings. The Hall–Kier alpha value is -2.52. The van der Waals surface area contributed by atoms with Gasteiger partial charge in [-0.15, -0.1) is 11.3 Å². The number of nitrogens with zero attached hydrogens (tertiary/aromatic N) is 5. The predicted molar refractivity (Wildman–Crippen MR) is 111 cm³/mol. The van der Waals surface area contributed by atoms with Crippen molar-refractivity contribution in [2.45, 2.75) is 19.3 Å². The monoisotopic (exact) mass is 417 g/mol. The Kier molecular flexibility index (Phi) is 5.82. The summed E-state index contributed by atoms with van der Waals surface area (Å²) in [7, 11) is 0. The molecular formula is C18H20ClN7OS. The molecule has 1 aliphatic heterocycles. The van der Waals surface area contributed by atoms with E-state index in [4.69, 9.17) is 11.6 Å². The van der Waals surface area contributed by atoms with Crippen molar-refractivity contribution >= 4 is 50.8 Å². The number of piperidine rings is 1. The number of anilines is 2. The first kappa shape index (κ1) is 18.8. The number of carbonyl (C=O) groups is 1. The van der Waals surface area contributed by atoms with Crippen molar-refractivity contribution in [2.24, 2.45) is 0 Å². The van der Waals surface area contributed by atoms with Crippen LogP contribution in [0.4, 0.5) is 11.8 Å². The number of nitrogens with one attached hydrogen (secondary N) is 2. The molecule has 10 heteroatoms. The van der Waals surface area contributed by atoms with Gasteiger partial charge in [-0.3, -0.25) is 4.79 Å². The molecule has 4 rings (SSSR count). The Labute approximate surface area is 171 Å². The number of rotatable bonds is 6. The van der Waals surface area contributed by atoms with Gasteiger partial charge < -0.3 is 15.5 Å². The molecule has 0 aromatic carbocycles. The highest BCUT2D eigenvalue weighted by atomic mass is 35.5. The zero-order chi connectivity index (χ0) is 19.3. The largest absolute Gasteiger partial charge is 0.368 e. The molecular weight excluding hydrogens is 398 g/mol. The van der Waals surface area contributed by atoms with Gasteiger partial charge in [0.1, 0.15) is 17.0 Å². The van der Waals surface area contributed by atoms with Crippen LogP contribution in [0.1, 0.15) is 29.8 Å². The van der Waals surface area contributed by atoms with Crippen LogP contribution in [-0.4, -0.2) is 52.0 Å². The first-order chi connectivity index (χ1) is 13.7. The van der Waals surface area contributed by atoms with Gasteiger partial charge in [0.05, 0.1) is 16.6 Å². The van der Waals surface area contributed by atoms with Gasteiger partial charge in [-0.1, -0.05) is 11.6 Å². The third-order valence-electron chi connectivity index (χ3n) is 4.55. The molecule has 0 atom stereocenters. The van der Waals surface area contributed by atoms with Gasteiger partial charge in [-0.25, -0.2) is 19.9 Å². The van der Waals surface area contributed by atoms with E-state index in [2.05, 4.69) is 35.5 Å². The van der Waals surface area contributed by atoms with Crippen molar-refractivity contribution < 1.29 is 4.79 Å². The van der Waals surface area contributed by atoms with E-state index in [1.54, 1.807) is 11.3 Å². The Bertz CT molecular complexity index is 973. The summed E-state index contributed by atoms with van der Waals surface area (Å²) in [5, 5.41) is 9.27. The summed E-state index contributed by atoms with van der Waals surface area (Å²) < 4.78 is 0. The Balaban J connectivity index is 1.35. The molecule has 0 radical (unpaired) electrons. The molecule has 4 heterocycles. The van der Waals surface area contributed by atoms with Gasteiger partial charge in [-0.2, -0.15) is 0 Å². The molecule has 28 heavy (non-hydrogen) atoms. The number of amides is 1. The van der Waals surface area contributed by atoms with E-state index < -0.39 is 0 Å². The second-order valence-electron chi connectivity index (χ2n) is 6.46. The fourth-order valence-electron chi connectivity index (χ4n) is 3.13. The molecule has 8 nitrogen and oxygen atoms in total. The second-order valence-corrected chi connectivity index (χ2v) is 7.76. The summed E-state index contributed by atoms with van der Waals surface area (Å²) in [5.41, 5.74) is 0.208. The van der Waals surface area contributed by atoms with Gasteiger partial charge in [0, 0.05) is 26.2 Å². The third kappa shape index (κ3) is 4.15. The quantitative estimate of drug-likeness (QED) is 0.595. The molecule has 1 aliphatic rings. The van der Waals surface area contributed by atoms with E-state index >= 15 is 0 Å². The minimum atomic E-state index is -0.309. The average Bonchev–Trinajstić information content (AvgIpc) is 3.21. The van der Waals surface area contributed by atoms with Crippen LogP contribution in [0.2, 0.25) is 5.02 Å². The minimum absolute atomic E-state index is 0.208. The number of fused-ring (bicyclic) bond motifs is 1. The van der Waals surface area contributed by atoms with Crippen LogP contribution in [0, 0.1) is 0 Å². The number of hydrogen-bond acceptors (Lipinski definition) is 8. The maximum absolute atomic E-state index is 12.5. The lowest BCUT2D eigenvalue weighted by molar-refractivity contribution is 0.0950. The lowest BCUT2D eigenvalue weighted by Gasteiger charge is -2.26. The first-order valence-electron chi connectivity index (χ1n) is 9.20. The second kappa shape index (κ2) is 8.66. The van der Waals surface area contributed by atoms with Crippen LogP contribution in [-0.2, 0) is 0 Å². The number of aromatic nitrogens is 4. The molecule has 0 unspecified atom stereocenters. The number of halogens is 1. The van der Waals surface area contributed by atoms with Crippen molar-refractivity contribution in [3.63, 3.8) is 0 Å². The predicted octanol–water partition coefficient (Wildman–Crippen LogP) is 2.97. The summed E-state index contributed by atoms with van der Waals surface area (Å²) in [6, 6.07) is 1.98. The van der Waals surface area contributed by atoms with E-state index in [0.29, 0.717) is 19.0 Å². The maximum Gasteiger partial charge on any atom is 0.271 e. The molecule has 0 saturated carbocycles. The minimum Gasteiger partial charge on any atom is -0.368 e. The number of carbonyl (C=O) groups excluding carboxylic acids is 1. The molecule has 3 aromatic rings. The molecule has 1 amide bonds. The number of thiophene rings is 1. The third-order valence-corrected chi connectivity index (χ3v) is 5.65. The summed E-state index contributed by atoms with van der Waals surface area (Å²) >= 11 is 7.72. The standard InChI is InChI=1S/C18H20ClN7OS/c19-13-10-22-18(26-7-2-1-3-8-26)25-14(13)16(27)21-6-5-20-15-12-4-9-28-17(12)24-11-23-15/h4,9-11H,1-3,5-8H2,(H,21,27)(H,20,23,24). The zero-order valence-corrected chi connectivity index (χ0v) is 16.8. The Morgan fingerprint density at radius 1 is 1.18 bits per heavy atom. The van der Waals surface area contributed by atoms with E-state index in [1.165, 1.54) is 18.9 Å². The van der Waals surface area contributed by atoms with Gasteiger partial charge in [-0.05, 0) is 30.7 Å². The fraction of sp³-hybridized carbons (Fsp3) is 0.389. The molecule has 0 spiro atoms. The summed E-state index contributed by atoms with van der Waals surface area (Å²) in [5.74, 6) is 1.01. The zero-order valence-electron chi connectivity index (χ0n) is 15.2. The highest BCUT2D eigenvalue weighted by Gasteiger charge is 2.18. The van der Waals surface area contributed by atoms with Gasteiger partial charge in [0.25, 0.3) is 5.91 Å². The van der Waals surface area contributed by atoms with Crippen LogP contribution in [0.5, 0.6) is 0 Å².